The van der Waals surface area contributed by atoms with Gasteiger partial charge >= 0.3 is 12.6 Å². The Bertz CT molecular complexity index is 515. The first-order chi connectivity index (χ1) is 10.1. The van der Waals surface area contributed by atoms with Gasteiger partial charge in [-0.1, -0.05) is 6.07 Å². The van der Waals surface area contributed by atoms with Crippen LogP contribution in [0, 0.1) is 0 Å². The number of alkyl halides is 2. The molecule has 0 aliphatic carbocycles. The number of halogens is 2. The Labute approximate surface area is 120 Å². The summed E-state index contributed by atoms with van der Waals surface area (Å²) in [6, 6.07) is 5.25. The van der Waals surface area contributed by atoms with Crippen LogP contribution in [-0.2, 0) is 9.53 Å². The maximum atomic E-state index is 12.1. The number of amides is 1. The second-order valence-electron chi connectivity index (χ2n) is 4.57. The number of ether oxygens (including phenoxy) is 2. The summed E-state index contributed by atoms with van der Waals surface area (Å²) in [6.07, 6.45) is 1.90. The minimum Gasteiger partial charge on any atom is -0.452 e. The zero-order valence-electron chi connectivity index (χ0n) is 11.3. The van der Waals surface area contributed by atoms with Gasteiger partial charge in [-0.05, 0) is 31.0 Å². The molecule has 1 heterocycles. The van der Waals surface area contributed by atoms with Gasteiger partial charge in [-0.3, -0.25) is 4.79 Å². The number of benzene rings is 1. The van der Waals surface area contributed by atoms with Crippen LogP contribution in [0.15, 0.2) is 24.3 Å². The Balaban J connectivity index is 1.89. The first kappa shape index (κ1) is 15.2. The Kier molecular flexibility index (Phi) is 5.08. The fraction of sp³-hybridized carbons (Fsp3) is 0.429. The van der Waals surface area contributed by atoms with Gasteiger partial charge in [0.05, 0.1) is 5.56 Å². The standard InChI is InChI=1S/C14H15F2NO4/c15-14(16)21-11-5-3-4-10(8-11)13(19)20-9-12(18)17-6-1-2-7-17/h3-5,8,14H,1-2,6-7,9H2. The number of carbonyl (C=O) groups excluding carboxylic acids is 2. The summed E-state index contributed by atoms with van der Waals surface area (Å²) in [5.74, 6) is -1.13. The van der Waals surface area contributed by atoms with E-state index in [4.69, 9.17) is 4.74 Å². The molecule has 0 radical (unpaired) electrons. The molecular weight excluding hydrogens is 284 g/mol. The van der Waals surface area contributed by atoms with Crippen LogP contribution in [0.25, 0.3) is 0 Å². The Hall–Kier alpha value is -2.18. The number of carbonyl (C=O) groups is 2. The van der Waals surface area contributed by atoms with Crippen molar-refractivity contribution in [3.63, 3.8) is 0 Å². The van der Waals surface area contributed by atoms with Gasteiger partial charge in [-0.25, -0.2) is 4.79 Å². The molecule has 1 aromatic carbocycles. The smallest absolute Gasteiger partial charge is 0.387 e. The quantitative estimate of drug-likeness (QED) is 0.781. The van der Waals surface area contributed by atoms with E-state index in [1.165, 1.54) is 18.2 Å². The number of likely N-dealkylation sites (tertiary alicyclic amines) is 1. The van der Waals surface area contributed by atoms with Gasteiger partial charge in [0.1, 0.15) is 5.75 Å². The Morgan fingerprint density at radius 2 is 1.95 bits per heavy atom. The lowest BCUT2D eigenvalue weighted by Crippen LogP contribution is -2.32. The molecule has 1 aromatic rings. The van der Waals surface area contributed by atoms with Crippen molar-refractivity contribution in [1.82, 2.24) is 4.90 Å². The van der Waals surface area contributed by atoms with Crippen molar-refractivity contribution in [1.29, 1.82) is 0 Å². The highest BCUT2D eigenvalue weighted by atomic mass is 19.3. The highest BCUT2D eigenvalue weighted by molar-refractivity contribution is 5.91. The predicted molar refractivity (Wildman–Crippen MR) is 69.2 cm³/mol. The summed E-state index contributed by atoms with van der Waals surface area (Å²) in [6.45, 7) is -1.96. The van der Waals surface area contributed by atoms with Crippen LogP contribution in [0.3, 0.4) is 0 Å². The maximum Gasteiger partial charge on any atom is 0.387 e. The average molecular weight is 299 g/mol. The first-order valence-electron chi connectivity index (χ1n) is 6.56. The van der Waals surface area contributed by atoms with E-state index in [2.05, 4.69) is 4.74 Å². The minimum absolute atomic E-state index is 0.0578. The van der Waals surface area contributed by atoms with Crippen LogP contribution in [0.1, 0.15) is 23.2 Å². The second-order valence-corrected chi connectivity index (χ2v) is 4.57. The van der Waals surface area contributed by atoms with Crippen LogP contribution >= 0.6 is 0 Å². The van der Waals surface area contributed by atoms with E-state index in [0.29, 0.717) is 13.1 Å². The third-order valence-corrected chi connectivity index (χ3v) is 3.08. The molecule has 7 heteroatoms. The van der Waals surface area contributed by atoms with Gasteiger partial charge in [-0.2, -0.15) is 8.78 Å². The van der Waals surface area contributed by atoms with Gasteiger partial charge in [0, 0.05) is 13.1 Å². The third kappa shape index (κ3) is 4.40. The summed E-state index contributed by atoms with van der Waals surface area (Å²) in [4.78, 5) is 25.1. The SMILES string of the molecule is O=C(OCC(=O)N1CCCC1)c1cccc(OC(F)F)c1. The van der Waals surface area contributed by atoms with Crippen molar-refractivity contribution in [2.24, 2.45) is 0 Å². The van der Waals surface area contributed by atoms with Crippen LogP contribution in [0.2, 0.25) is 0 Å². The summed E-state index contributed by atoms with van der Waals surface area (Å²) >= 11 is 0. The number of nitrogens with zero attached hydrogens (tertiary/aromatic N) is 1. The third-order valence-electron chi connectivity index (χ3n) is 3.08. The topological polar surface area (TPSA) is 55.8 Å². The van der Waals surface area contributed by atoms with E-state index in [1.54, 1.807) is 4.90 Å². The number of hydrogen-bond acceptors (Lipinski definition) is 4. The van der Waals surface area contributed by atoms with Crippen LogP contribution < -0.4 is 4.74 Å². The molecule has 1 fully saturated rings. The minimum atomic E-state index is -2.96. The van der Waals surface area contributed by atoms with E-state index in [0.717, 1.165) is 18.9 Å². The summed E-state index contributed by atoms with van der Waals surface area (Å²) < 4.78 is 33.3. The molecule has 5 nitrogen and oxygen atoms in total. The van der Waals surface area contributed by atoms with Crippen LogP contribution in [-0.4, -0.2) is 43.1 Å². The lowest BCUT2D eigenvalue weighted by Gasteiger charge is -2.15. The van der Waals surface area contributed by atoms with Crippen LogP contribution in [0.5, 0.6) is 5.75 Å². The summed E-state index contributed by atoms with van der Waals surface area (Å²) in [5, 5.41) is 0. The van der Waals surface area contributed by atoms with Crippen molar-refractivity contribution in [2.45, 2.75) is 19.5 Å². The van der Waals surface area contributed by atoms with Gasteiger partial charge in [0.15, 0.2) is 6.61 Å². The van der Waals surface area contributed by atoms with Gasteiger partial charge in [0.25, 0.3) is 5.91 Å². The van der Waals surface area contributed by atoms with E-state index in [9.17, 15) is 18.4 Å². The van der Waals surface area contributed by atoms with Crippen molar-refractivity contribution in [3.05, 3.63) is 29.8 Å². The fourth-order valence-corrected chi connectivity index (χ4v) is 2.07. The van der Waals surface area contributed by atoms with Crippen LogP contribution in [0.4, 0.5) is 8.78 Å². The van der Waals surface area contributed by atoms with E-state index < -0.39 is 12.6 Å². The predicted octanol–water partition coefficient (Wildman–Crippen LogP) is 2.07. The lowest BCUT2D eigenvalue weighted by molar-refractivity contribution is -0.133. The first-order valence-corrected chi connectivity index (χ1v) is 6.56. The van der Waals surface area contributed by atoms with E-state index in [1.807, 2.05) is 0 Å². The molecule has 1 saturated heterocycles. The highest BCUT2D eigenvalue weighted by Crippen LogP contribution is 2.16. The molecule has 0 saturated carbocycles. The zero-order chi connectivity index (χ0) is 15.2. The molecule has 1 aliphatic heterocycles. The van der Waals surface area contributed by atoms with Crippen molar-refractivity contribution >= 4 is 11.9 Å². The number of hydrogen-bond donors (Lipinski definition) is 0. The van der Waals surface area contributed by atoms with Gasteiger partial charge < -0.3 is 14.4 Å². The monoisotopic (exact) mass is 299 g/mol. The maximum absolute atomic E-state index is 12.1. The Morgan fingerprint density at radius 1 is 1.24 bits per heavy atom. The van der Waals surface area contributed by atoms with E-state index in [-0.39, 0.29) is 23.8 Å². The molecular formula is C14H15F2NO4. The molecule has 0 aromatic heterocycles. The lowest BCUT2D eigenvalue weighted by atomic mass is 10.2. The number of esters is 1. The zero-order valence-corrected chi connectivity index (χ0v) is 11.3. The molecule has 0 atom stereocenters. The molecule has 0 bridgehead atoms. The van der Waals surface area contributed by atoms with E-state index >= 15 is 0 Å². The number of rotatable bonds is 5. The van der Waals surface area contributed by atoms with Gasteiger partial charge in [0.2, 0.25) is 0 Å². The van der Waals surface area contributed by atoms with Crippen molar-refractivity contribution in [3.8, 4) is 5.75 Å². The highest BCUT2D eigenvalue weighted by Gasteiger charge is 2.19. The molecule has 0 spiro atoms. The summed E-state index contributed by atoms with van der Waals surface area (Å²) in [7, 11) is 0. The normalized spacial score (nSPS) is 14.3. The second kappa shape index (κ2) is 7.01. The molecule has 1 aliphatic rings. The van der Waals surface area contributed by atoms with Crippen molar-refractivity contribution < 1.29 is 27.8 Å². The summed E-state index contributed by atoms with van der Waals surface area (Å²) in [5.41, 5.74) is 0.0578. The average Bonchev–Trinajstić information content (AvgIpc) is 2.98. The fourth-order valence-electron chi connectivity index (χ4n) is 2.07. The molecule has 0 unspecified atom stereocenters. The molecule has 0 N–H and O–H groups in total. The molecule has 114 valence electrons. The molecule has 1 amide bonds. The Morgan fingerprint density at radius 3 is 2.62 bits per heavy atom. The largest absolute Gasteiger partial charge is 0.452 e. The van der Waals surface area contributed by atoms with Gasteiger partial charge in [-0.15, -0.1) is 0 Å². The molecule has 2 rings (SSSR count). The van der Waals surface area contributed by atoms with Crippen molar-refractivity contribution in [2.75, 3.05) is 19.7 Å². The molecule has 21 heavy (non-hydrogen) atoms.